The summed E-state index contributed by atoms with van der Waals surface area (Å²) in [6, 6.07) is 0. The van der Waals surface area contributed by atoms with Crippen LogP contribution in [-0.4, -0.2) is 23.4 Å². The SMILES string of the molecule is CC.CC(C)(C)OC(=O)NC(=O)OC(C)(C)C. The van der Waals surface area contributed by atoms with E-state index in [0.717, 1.165) is 0 Å². The summed E-state index contributed by atoms with van der Waals surface area (Å²) >= 11 is 0. The zero-order valence-corrected chi connectivity index (χ0v) is 12.1. The molecule has 0 saturated heterocycles. The molecule has 17 heavy (non-hydrogen) atoms. The van der Waals surface area contributed by atoms with Gasteiger partial charge < -0.3 is 9.47 Å². The second kappa shape index (κ2) is 7.14. The highest BCUT2D eigenvalue weighted by Crippen LogP contribution is 2.08. The second-order valence-electron chi connectivity index (χ2n) is 5.13. The fraction of sp³-hybridized carbons (Fsp3) is 0.833. The highest BCUT2D eigenvalue weighted by atomic mass is 16.6. The van der Waals surface area contributed by atoms with E-state index in [0.29, 0.717) is 0 Å². The van der Waals surface area contributed by atoms with Gasteiger partial charge >= 0.3 is 12.2 Å². The van der Waals surface area contributed by atoms with Crippen molar-refractivity contribution in [3.63, 3.8) is 0 Å². The topological polar surface area (TPSA) is 64.6 Å². The average Bonchev–Trinajstić information content (AvgIpc) is 1.99. The normalized spacial score (nSPS) is 10.8. The summed E-state index contributed by atoms with van der Waals surface area (Å²) in [7, 11) is 0. The molecule has 0 aliphatic rings. The van der Waals surface area contributed by atoms with Crippen molar-refractivity contribution in [3.05, 3.63) is 0 Å². The average molecular weight is 247 g/mol. The Morgan fingerprint density at radius 1 is 0.765 bits per heavy atom. The van der Waals surface area contributed by atoms with E-state index in [9.17, 15) is 9.59 Å². The Bertz CT molecular complexity index is 222. The zero-order chi connectivity index (χ0) is 14.3. The van der Waals surface area contributed by atoms with E-state index in [2.05, 4.69) is 0 Å². The van der Waals surface area contributed by atoms with E-state index < -0.39 is 23.4 Å². The maximum atomic E-state index is 11.1. The van der Waals surface area contributed by atoms with Gasteiger partial charge in [0.2, 0.25) is 0 Å². The summed E-state index contributed by atoms with van der Waals surface area (Å²) in [4.78, 5) is 22.2. The predicted molar refractivity (Wildman–Crippen MR) is 67.0 cm³/mol. The van der Waals surface area contributed by atoms with Crippen LogP contribution in [0.5, 0.6) is 0 Å². The predicted octanol–water partition coefficient (Wildman–Crippen LogP) is 3.47. The lowest BCUT2D eigenvalue weighted by Crippen LogP contribution is -2.39. The van der Waals surface area contributed by atoms with Gasteiger partial charge in [-0.25, -0.2) is 14.9 Å². The number of amides is 2. The van der Waals surface area contributed by atoms with Gasteiger partial charge in [0, 0.05) is 0 Å². The monoisotopic (exact) mass is 247 g/mol. The van der Waals surface area contributed by atoms with Crippen LogP contribution in [0.15, 0.2) is 0 Å². The molecule has 0 radical (unpaired) electrons. The molecule has 0 aliphatic heterocycles. The molecule has 0 heterocycles. The van der Waals surface area contributed by atoms with E-state index in [-0.39, 0.29) is 0 Å². The molecule has 0 aromatic heterocycles. The molecule has 102 valence electrons. The summed E-state index contributed by atoms with van der Waals surface area (Å²) in [5, 5.41) is 1.97. The molecule has 5 heteroatoms. The minimum Gasteiger partial charge on any atom is -0.443 e. The molecule has 0 aliphatic carbocycles. The van der Waals surface area contributed by atoms with Crippen LogP contribution in [0.25, 0.3) is 0 Å². The molecule has 0 unspecified atom stereocenters. The standard InChI is InChI=1S/C10H19NO4.C2H6/c1-9(2,3)14-7(12)11-8(13)15-10(4,5)6;1-2/h1-6H3,(H,11,12,13);1-2H3. The lowest BCUT2D eigenvalue weighted by Gasteiger charge is -2.21. The molecule has 0 aromatic carbocycles. The first-order valence-electron chi connectivity index (χ1n) is 5.72. The van der Waals surface area contributed by atoms with Crippen molar-refractivity contribution < 1.29 is 19.1 Å². The smallest absolute Gasteiger partial charge is 0.417 e. The molecule has 0 rings (SSSR count). The van der Waals surface area contributed by atoms with E-state index in [4.69, 9.17) is 9.47 Å². The maximum absolute atomic E-state index is 11.1. The minimum absolute atomic E-state index is 0.633. The summed E-state index contributed by atoms with van der Waals surface area (Å²) in [5.41, 5.74) is -1.27. The van der Waals surface area contributed by atoms with E-state index in [1.807, 2.05) is 19.2 Å². The number of hydrogen-bond acceptors (Lipinski definition) is 4. The van der Waals surface area contributed by atoms with Crippen LogP contribution in [0.1, 0.15) is 55.4 Å². The Balaban J connectivity index is 0. The van der Waals surface area contributed by atoms with Crippen molar-refractivity contribution in [2.45, 2.75) is 66.6 Å². The van der Waals surface area contributed by atoms with E-state index >= 15 is 0 Å². The third kappa shape index (κ3) is 14.7. The Kier molecular flexibility index (Phi) is 7.61. The minimum atomic E-state index is -0.809. The fourth-order valence-corrected chi connectivity index (χ4v) is 0.691. The van der Waals surface area contributed by atoms with Crippen molar-refractivity contribution >= 4 is 12.2 Å². The van der Waals surface area contributed by atoms with Crippen LogP contribution in [-0.2, 0) is 9.47 Å². The molecule has 0 aromatic rings. The Morgan fingerprint density at radius 3 is 1.18 bits per heavy atom. The van der Waals surface area contributed by atoms with Gasteiger partial charge in [-0.05, 0) is 41.5 Å². The van der Waals surface area contributed by atoms with Crippen molar-refractivity contribution in [1.82, 2.24) is 5.32 Å². The van der Waals surface area contributed by atoms with Gasteiger partial charge in [-0.1, -0.05) is 13.8 Å². The van der Waals surface area contributed by atoms with Crippen molar-refractivity contribution in [2.24, 2.45) is 0 Å². The lowest BCUT2D eigenvalue weighted by atomic mass is 10.2. The Hall–Kier alpha value is -1.26. The zero-order valence-electron chi connectivity index (χ0n) is 12.1. The highest BCUT2D eigenvalue weighted by molar-refractivity contribution is 5.87. The van der Waals surface area contributed by atoms with Crippen LogP contribution in [0.4, 0.5) is 9.59 Å². The van der Waals surface area contributed by atoms with Crippen molar-refractivity contribution in [1.29, 1.82) is 0 Å². The number of imide groups is 1. The van der Waals surface area contributed by atoms with Crippen LogP contribution in [0, 0.1) is 0 Å². The molecule has 0 spiro atoms. The molecule has 5 nitrogen and oxygen atoms in total. The molecule has 1 N–H and O–H groups in total. The van der Waals surface area contributed by atoms with E-state index in [1.54, 1.807) is 41.5 Å². The molecule has 0 atom stereocenters. The fourth-order valence-electron chi connectivity index (χ4n) is 0.691. The number of rotatable bonds is 0. The lowest BCUT2D eigenvalue weighted by molar-refractivity contribution is 0.0353. The number of nitrogens with one attached hydrogen (secondary N) is 1. The summed E-state index contributed by atoms with van der Waals surface area (Å²) in [6.45, 7) is 14.3. The van der Waals surface area contributed by atoms with Crippen LogP contribution in [0.2, 0.25) is 0 Å². The molecular weight excluding hydrogens is 222 g/mol. The van der Waals surface area contributed by atoms with Gasteiger partial charge in [-0.3, -0.25) is 0 Å². The Morgan fingerprint density at radius 2 is 1.00 bits per heavy atom. The first-order chi connectivity index (χ1) is 7.49. The maximum Gasteiger partial charge on any atom is 0.417 e. The van der Waals surface area contributed by atoms with Gasteiger partial charge in [0.15, 0.2) is 0 Å². The van der Waals surface area contributed by atoms with Gasteiger partial charge in [0.1, 0.15) is 11.2 Å². The first kappa shape index (κ1) is 18.1. The van der Waals surface area contributed by atoms with Gasteiger partial charge in [-0.15, -0.1) is 0 Å². The van der Waals surface area contributed by atoms with Crippen LogP contribution in [0.3, 0.4) is 0 Å². The molecule has 0 saturated carbocycles. The van der Waals surface area contributed by atoms with Gasteiger partial charge in [0.25, 0.3) is 0 Å². The van der Waals surface area contributed by atoms with E-state index in [1.165, 1.54) is 0 Å². The third-order valence-corrected chi connectivity index (χ3v) is 1.00. The van der Waals surface area contributed by atoms with Gasteiger partial charge in [0.05, 0.1) is 0 Å². The number of alkyl carbamates (subject to hydrolysis) is 2. The molecule has 0 fully saturated rings. The van der Waals surface area contributed by atoms with Crippen LogP contribution < -0.4 is 5.32 Å². The second-order valence-corrected chi connectivity index (χ2v) is 5.13. The summed E-state index contributed by atoms with van der Waals surface area (Å²) in [6.07, 6.45) is -1.62. The Labute approximate surface area is 104 Å². The number of ether oxygens (including phenoxy) is 2. The van der Waals surface area contributed by atoms with Crippen molar-refractivity contribution in [3.8, 4) is 0 Å². The quantitative estimate of drug-likeness (QED) is 0.711. The number of carbonyl (C=O) groups is 2. The molecule has 2 amide bonds. The number of carbonyl (C=O) groups excluding carboxylic acids is 2. The molecular formula is C12H25NO4. The summed E-state index contributed by atoms with van der Waals surface area (Å²) in [5.74, 6) is 0. The van der Waals surface area contributed by atoms with Crippen LogP contribution >= 0.6 is 0 Å². The van der Waals surface area contributed by atoms with Gasteiger partial charge in [-0.2, -0.15) is 0 Å². The third-order valence-electron chi connectivity index (χ3n) is 1.00. The van der Waals surface area contributed by atoms with Crippen molar-refractivity contribution in [2.75, 3.05) is 0 Å². The number of hydrogen-bond donors (Lipinski definition) is 1. The molecule has 0 bridgehead atoms. The first-order valence-corrected chi connectivity index (χ1v) is 5.72. The highest BCUT2D eigenvalue weighted by Gasteiger charge is 2.21. The summed E-state index contributed by atoms with van der Waals surface area (Å²) < 4.78 is 9.74. The largest absolute Gasteiger partial charge is 0.443 e.